The average molecular weight is 630 g/mol. The maximum atomic E-state index is 2.94. The van der Waals surface area contributed by atoms with Gasteiger partial charge in [-0.2, -0.15) is 0 Å². The van der Waals surface area contributed by atoms with Crippen molar-refractivity contribution >= 4 is 23.3 Å². The van der Waals surface area contributed by atoms with Gasteiger partial charge in [0, 0.05) is 0 Å². The molecule has 0 spiro atoms. The molecule has 1 saturated carbocycles. The van der Waals surface area contributed by atoms with E-state index in [1.165, 1.54) is 30.4 Å². The van der Waals surface area contributed by atoms with E-state index in [9.17, 15) is 0 Å². The van der Waals surface area contributed by atoms with Crippen molar-refractivity contribution in [3.8, 4) is 11.1 Å². The van der Waals surface area contributed by atoms with Crippen LogP contribution in [0.5, 0.6) is 0 Å². The van der Waals surface area contributed by atoms with Crippen molar-refractivity contribution in [3.05, 3.63) is 83.2 Å². The van der Waals surface area contributed by atoms with Crippen LogP contribution < -0.4 is 0 Å². The third kappa shape index (κ3) is 3.12. The van der Waals surface area contributed by atoms with Crippen molar-refractivity contribution in [3.63, 3.8) is 0 Å². The Balaban J connectivity index is 1.56. The van der Waals surface area contributed by atoms with E-state index in [0.29, 0.717) is 14.8 Å². The summed E-state index contributed by atoms with van der Waals surface area (Å²) in [6.45, 7) is 9.90. The Morgan fingerprint density at radius 1 is 0.909 bits per heavy atom. The van der Waals surface area contributed by atoms with Gasteiger partial charge in [-0.1, -0.05) is 0 Å². The molecule has 6 rings (SSSR count). The molecule has 0 amide bonds. The van der Waals surface area contributed by atoms with Crippen molar-refractivity contribution in [1.29, 1.82) is 0 Å². The molecular weight excluding hydrogens is 593 g/mol. The molecule has 0 radical (unpaired) electrons. The predicted octanol–water partition coefficient (Wildman–Crippen LogP) is 6.96. The van der Waals surface area contributed by atoms with Crippen LogP contribution in [0.1, 0.15) is 74.9 Å². The molecule has 170 valence electrons. The van der Waals surface area contributed by atoms with Gasteiger partial charge in [-0.15, -0.1) is 0 Å². The Bertz CT molecular complexity index is 1220. The minimum absolute atomic E-state index is 0.198. The van der Waals surface area contributed by atoms with Crippen LogP contribution in [0.2, 0.25) is 2.97 Å². The quantitative estimate of drug-likeness (QED) is 0.264. The molecule has 0 bridgehead atoms. The van der Waals surface area contributed by atoms with E-state index in [1.54, 1.807) is 22.5 Å². The second kappa shape index (κ2) is 7.55. The van der Waals surface area contributed by atoms with E-state index < -0.39 is 23.3 Å². The Hall–Kier alpha value is -1.40. The SMILES string of the molecule is C[N](C)[Tl]1[n]2c(ccc2C(C)(C)C)CC2C3c4ccccc4-c4ccccc4C3CC[C@]21C. The summed E-state index contributed by atoms with van der Waals surface area (Å²) in [5.41, 5.74) is 9.61. The van der Waals surface area contributed by atoms with Gasteiger partial charge in [0.2, 0.25) is 0 Å². The van der Waals surface area contributed by atoms with Crippen LogP contribution in [0, 0.1) is 5.92 Å². The van der Waals surface area contributed by atoms with Crippen molar-refractivity contribution in [2.24, 2.45) is 5.92 Å². The van der Waals surface area contributed by atoms with Gasteiger partial charge >= 0.3 is 210 Å². The summed E-state index contributed by atoms with van der Waals surface area (Å²) in [6.07, 6.45) is 3.93. The first-order valence-electron chi connectivity index (χ1n) is 12.8. The van der Waals surface area contributed by atoms with E-state index >= 15 is 0 Å². The van der Waals surface area contributed by atoms with E-state index in [1.807, 2.05) is 0 Å². The second-order valence-electron chi connectivity index (χ2n) is 12.3. The zero-order valence-corrected chi connectivity index (χ0v) is 25.6. The zero-order chi connectivity index (χ0) is 23.1. The molecule has 2 aromatic carbocycles. The van der Waals surface area contributed by atoms with Gasteiger partial charge < -0.3 is 0 Å². The summed E-state index contributed by atoms with van der Waals surface area (Å²) in [4.78, 5) is 0. The summed E-state index contributed by atoms with van der Waals surface area (Å²) < 4.78 is 6.13. The standard InChI is InChI=1S/C28H31N.C2H6N.Tl/c1-18-13-15-24-22-11-6-5-9-20(22)21-10-7-8-12-23(21)27(24)25(18)17-19-14-16-26(29-19)28(2,3)4;1-3-2;/h5-12,14,16,24-25,27H,13,15,17H2,1-4H3;1-2H3;/q2*-1;+2. The Morgan fingerprint density at radius 3 is 2.21 bits per heavy atom. The van der Waals surface area contributed by atoms with Crippen molar-refractivity contribution in [2.45, 2.75) is 67.2 Å². The molecule has 2 aliphatic carbocycles. The van der Waals surface area contributed by atoms with Crippen molar-refractivity contribution in [2.75, 3.05) is 14.1 Å². The van der Waals surface area contributed by atoms with Gasteiger partial charge in [-0.25, -0.2) is 0 Å². The normalized spacial score (nSPS) is 28.0. The fourth-order valence-corrected chi connectivity index (χ4v) is 25.9. The van der Waals surface area contributed by atoms with E-state index in [4.69, 9.17) is 0 Å². The molecule has 2 heterocycles. The van der Waals surface area contributed by atoms with Gasteiger partial charge in [0.05, 0.1) is 0 Å². The van der Waals surface area contributed by atoms with Crippen molar-refractivity contribution < 1.29 is 0 Å². The summed E-state index contributed by atoms with van der Waals surface area (Å²) in [5.74, 6) is 2.03. The van der Waals surface area contributed by atoms with Gasteiger partial charge in [0.1, 0.15) is 0 Å². The van der Waals surface area contributed by atoms with E-state index in [2.05, 4.69) is 108 Å². The fraction of sp³-hybridized carbons (Fsp3) is 0.467. The Labute approximate surface area is 209 Å². The topological polar surface area (TPSA) is 8.17 Å². The Morgan fingerprint density at radius 2 is 1.55 bits per heavy atom. The third-order valence-corrected chi connectivity index (χ3v) is 24.6. The summed E-state index contributed by atoms with van der Waals surface area (Å²) in [7, 11) is 4.79. The van der Waals surface area contributed by atoms with Crippen molar-refractivity contribution in [1.82, 2.24) is 5.09 Å². The second-order valence-corrected chi connectivity index (χ2v) is 26.4. The molecule has 3 unspecified atom stereocenters. The van der Waals surface area contributed by atoms with Crippen LogP contribution in [0.25, 0.3) is 11.1 Å². The van der Waals surface area contributed by atoms with Gasteiger partial charge in [0.25, 0.3) is 0 Å². The number of aromatic nitrogens is 1. The van der Waals surface area contributed by atoms with Gasteiger partial charge in [-0.05, 0) is 0 Å². The van der Waals surface area contributed by atoms with Crippen LogP contribution in [0.15, 0.2) is 60.7 Å². The van der Waals surface area contributed by atoms with E-state index in [-0.39, 0.29) is 5.41 Å². The number of hydrogen-bond acceptors (Lipinski definition) is 1. The number of fused-ring (bicyclic) bond motifs is 9. The molecule has 2 nitrogen and oxygen atoms in total. The van der Waals surface area contributed by atoms with Gasteiger partial charge in [-0.3, -0.25) is 0 Å². The number of nitrogens with zero attached hydrogens (tertiary/aromatic N) is 2. The molecule has 3 aliphatic rings. The first-order valence-corrected chi connectivity index (χ1v) is 19.0. The number of benzene rings is 2. The zero-order valence-electron chi connectivity index (χ0n) is 21.1. The fourth-order valence-electron chi connectivity index (χ4n) is 7.98. The van der Waals surface area contributed by atoms with E-state index in [0.717, 1.165) is 5.92 Å². The first-order chi connectivity index (χ1) is 15.7. The molecule has 0 N–H and O–H groups in total. The average Bonchev–Trinajstić information content (AvgIpc) is 3.20. The van der Waals surface area contributed by atoms with Crippen LogP contribution in [0.3, 0.4) is 0 Å². The maximum absolute atomic E-state index is 2.94. The monoisotopic (exact) mass is 630 g/mol. The molecule has 3 aromatic rings. The molecule has 1 fully saturated rings. The molecular formula is C30H37N2Tl. The minimum atomic E-state index is -2.57. The number of rotatable bonds is 1. The number of hydrogen-bond donors (Lipinski definition) is 0. The summed E-state index contributed by atoms with van der Waals surface area (Å²) in [6, 6.07) is 23.6. The summed E-state index contributed by atoms with van der Waals surface area (Å²) >= 11 is -2.57. The predicted molar refractivity (Wildman–Crippen MR) is 140 cm³/mol. The van der Waals surface area contributed by atoms with Crippen LogP contribution in [-0.4, -0.2) is 42.5 Å². The molecule has 33 heavy (non-hydrogen) atoms. The first kappa shape index (κ1) is 22.1. The van der Waals surface area contributed by atoms with Crippen LogP contribution in [-0.2, 0) is 11.8 Å². The summed E-state index contributed by atoms with van der Waals surface area (Å²) in [5, 5.41) is 0. The molecule has 1 aliphatic heterocycles. The van der Waals surface area contributed by atoms with Gasteiger partial charge in [0.15, 0.2) is 0 Å². The van der Waals surface area contributed by atoms with Crippen LogP contribution >= 0.6 is 0 Å². The van der Waals surface area contributed by atoms with Crippen LogP contribution in [0.4, 0.5) is 0 Å². The molecule has 4 atom stereocenters. The Kier molecular flexibility index (Phi) is 5.05. The molecule has 1 aromatic heterocycles. The molecule has 0 saturated heterocycles. The molecule has 3 heteroatoms. The third-order valence-electron chi connectivity index (χ3n) is 9.20.